The van der Waals surface area contributed by atoms with Crippen LogP contribution in [0.4, 0.5) is 11.6 Å². The molecule has 248 valence electrons. The highest BCUT2D eigenvalue weighted by atomic mass is 35.5. The first kappa shape index (κ1) is 35.4. The maximum Gasteiger partial charge on any atom is 0.126 e. The highest BCUT2D eigenvalue weighted by Crippen LogP contribution is 2.33. The van der Waals surface area contributed by atoms with E-state index in [-0.39, 0.29) is 11.2 Å². The van der Waals surface area contributed by atoms with Gasteiger partial charge in [-0.05, 0) is 98.3 Å². The van der Waals surface area contributed by atoms with Gasteiger partial charge in [-0.25, -0.2) is 9.97 Å². The molecule has 45 heavy (non-hydrogen) atoms. The molecule has 0 amide bonds. The topological polar surface area (TPSA) is 105 Å². The van der Waals surface area contributed by atoms with Crippen LogP contribution >= 0.6 is 11.6 Å². The van der Waals surface area contributed by atoms with Crippen LogP contribution in [0.25, 0.3) is 11.3 Å². The van der Waals surface area contributed by atoms with E-state index in [9.17, 15) is 5.26 Å². The Kier molecular flexibility index (Phi) is 12.5. The van der Waals surface area contributed by atoms with Crippen LogP contribution in [0.2, 0.25) is 5.02 Å². The molecule has 0 unspecified atom stereocenters. The van der Waals surface area contributed by atoms with E-state index in [1.165, 1.54) is 0 Å². The first-order chi connectivity index (χ1) is 21.3. The van der Waals surface area contributed by atoms with Crippen LogP contribution in [0.5, 0.6) is 0 Å². The molecule has 2 aliphatic rings. The molecular weight excluding hydrogens is 588 g/mol. The SMILES string of the molecule is CC(C)(C)OCCN(CCOC(C)(C)C)C1CCC(Nc2cc(-c3cccc(NCC4(C#N)CCOCC4)n3)c(Cl)cn2)CC1. The molecule has 2 fully saturated rings. The van der Waals surface area contributed by atoms with Crippen LogP contribution in [-0.2, 0) is 14.2 Å². The summed E-state index contributed by atoms with van der Waals surface area (Å²) < 4.78 is 17.6. The van der Waals surface area contributed by atoms with E-state index in [0.717, 1.165) is 74.5 Å². The Morgan fingerprint density at radius 3 is 2.24 bits per heavy atom. The second kappa shape index (κ2) is 15.9. The van der Waals surface area contributed by atoms with Gasteiger partial charge in [0.15, 0.2) is 0 Å². The molecule has 2 N–H and O–H groups in total. The molecule has 1 saturated carbocycles. The van der Waals surface area contributed by atoms with E-state index in [1.807, 2.05) is 24.3 Å². The number of pyridine rings is 2. The van der Waals surface area contributed by atoms with Crippen molar-refractivity contribution in [1.82, 2.24) is 14.9 Å². The third kappa shape index (κ3) is 11.4. The Bertz CT molecular complexity index is 1240. The van der Waals surface area contributed by atoms with Crippen LogP contribution in [-0.4, -0.2) is 84.2 Å². The summed E-state index contributed by atoms with van der Waals surface area (Å²) >= 11 is 6.63. The third-order valence-corrected chi connectivity index (χ3v) is 8.87. The molecule has 0 spiro atoms. The van der Waals surface area contributed by atoms with Crippen LogP contribution in [0, 0.1) is 16.7 Å². The molecule has 9 nitrogen and oxygen atoms in total. The zero-order valence-electron chi connectivity index (χ0n) is 28.1. The lowest BCUT2D eigenvalue weighted by Crippen LogP contribution is -2.44. The molecule has 1 saturated heterocycles. The summed E-state index contributed by atoms with van der Waals surface area (Å²) in [6.07, 6.45) is 7.47. The molecule has 3 heterocycles. The van der Waals surface area contributed by atoms with Crippen molar-refractivity contribution in [3.05, 3.63) is 35.5 Å². The number of aromatic nitrogens is 2. The second-order valence-electron chi connectivity index (χ2n) is 14.4. The molecule has 2 aromatic heterocycles. The van der Waals surface area contributed by atoms with Gasteiger partial charge in [0.2, 0.25) is 0 Å². The van der Waals surface area contributed by atoms with E-state index >= 15 is 0 Å². The summed E-state index contributed by atoms with van der Waals surface area (Å²) in [7, 11) is 0. The van der Waals surface area contributed by atoms with Gasteiger partial charge in [0.25, 0.3) is 0 Å². The van der Waals surface area contributed by atoms with Gasteiger partial charge in [-0.2, -0.15) is 5.26 Å². The molecule has 1 aliphatic carbocycles. The van der Waals surface area contributed by atoms with Crippen LogP contribution in [0.1, 0.15) is 80.1 Å². The third-order valence-electron chi connectivity index (χ3n) is 8.57. The number of rotatable bonds is 13. The van der Waals surface area contributed by atoms with E-state index < -0.39 is 5.41 Å². The highest BCUT2D eigenvalue weighted by Gasteiger charge is 2.33. The molecule has 0 atom stereocenters. The smallest absolute Gasteiger partial charge is 0.126 e. The highest BCUT2D eigenvalue weighted by molar-refractivity contribution is 6.33. The average molecular weight is 641 g/mol. The van der Waals surface area contributed by atoms with E-state index in [4.69, 9.17) is 30.8 Å². The Morgan fingerprint density at radius 1 is 1.00 bits per heavy atom. The molecule has 10 heteroatoms. The maximum absolute atomic E-state index is 9.81. The zero-order chi connectivity index (χ0) is 32.5. The quantitative estimate of drug-likeness (QED) is 0.235. The standard InChI is InChI=1S/C35H53ClN6O3/c1-33(2,3)44-20-16-42(17-21-45-34(4,5)6)27-12-10-26(11-13-27)40-32-22-28(29(36)23-38-32)30-8-7-9-31(41-30)39-25-35(24-37)14-18-43-19-15-35/h7-9,22-23,26-27H,10-21,25H2,1-6H3,(H,38,40)(H,39,41). The molecule has 1 aliphatic heterocycles. The Hall–Kier alpha value is -2.48. The van der Waals surface area contributed by atoms with Gasteiger partial charge in [-0.3, -0.25) is 4.90 Å². The summed E-state index contributed by atoms with van der Waals surface area (Å²) in [5.41, 5.74) is 0.882. The van der Waals surface area contributed by atoms with Crippen molar-refractivity contribution in [2.24, 2.45) is 5.41 Å². The van der Waals surface area contributed by atoms with Crippen molar-refractivity contribution < 1.29 is 14.2 Å². The number of hydrogen-bond acceptors (Lipinski definition) is 9. The number of nitriles is 1. The number of ether oxygens (including phenoxy) is 3. The van der Waals surface area contributed by atoms with Crippen LogP contribution < -0.4 is 10.6 Å². The minimum absolute atomic E-state index is 0.141. The van der Waals surface area contributed by atoms with Gasteiger partial charge in [-0.1, -0.05) is 17.7 Å². The first-order valence-corrected chi connectivity index (χ1v) is 16.9. The van der Waals surface area contributed by atoms with E-state index in [1.54, 1.807) is 6.20 Å². The van der Waals surface area contributed by atoms with Gasteiger partial charge in [0.05, 0.1) is 46.6 Å². The normalized spacial score (nSPS) is 20.5. The van der Waals surface area contributed by atoms with Crippen molar-refractivity contribution in [2.75, 3.05) is 56.7 Å². The molecule has 4 rings (SSSR count). The zero-order valence-corrected chi connectivity index (χ0v) is 28.9. The van der Waals surface area contributed by atoms with Gasteiger partial charge < -0.3 is 24.8 Å². The number of nitrogens with zero attached hydrogens (tertiary/aromatic N) is 4. The second-order valence-corrected chi connectivity index (χ2v) is 14.8. The van der Waals surface area contributed by atoms with Gasteiger partial charge in [0, 0.05) is 56.7 Å². The minimum Gasteiger partial charge on any atom is -0.381 e. The Labute approximate surface area is 275 Å². The summed E-state index contributed by atoms with van der Waals surface area (Å²) in [5, 5.41) is 17.4. The summed E-state index contributed by atoms with van der Waals surface area (Å²) in [4.78, 5) is 12.0. The van der Waals surface area contributed by atoms with Crippen LogP contribution in [0.15, 0.2) is 30.5 Å². The average Bonchev–Trinajstić information content (AvgIpc) is 3.00. The fraction of sp³-hybridized carbons (Fsp3) is 0.686. The molecule has 0 bridgehead atoms. The van der Waals surface area contributed by atoms with E-state index in [0.29, 0.717) is 50.1 Å². The largest absolute Gasteiger partial charge is 0.381 e. The number of anilines is 2. The monoisotopic (exact) mass is 640 g/mol. The Morgan fingerprint density at radius 2 is 1.64 bits per heavy atom. The van der Waals surface area contributed by atoms with Crippen molar-refractivity contribution in [3.63, 3.8) is 0 Å². The van der Waals surface area contributed by atoms with Crippen molar-refractivity contribution in [2.45, 2.75) is 103 Å². The fourth-order valence-corrected chi connectivity index (χ4v) is 6.16. The first-order valence-electron chi connectivity index (χ1n) is 16.5. The predicted octanol–water partition coefficient (Wildman–Crippen LogP) is 7.18. The number of halogens is 1. The summed E-state index contributed by atoms with van der Waals surface area (Å²) in [5.74, 6) is 1.53. The molecule has 0 aromatic carbocycles. The van der Waals surface area contributed by atoms with Gasteiger partial charge in [-0.15, -0.1) is 0 Å². The minimum atomic E-state index is -0.433. The van der Waals surface area contributed by atoms with Crippen LogP contribution in [0.3, 0.4) is 0 Å². The van der Waals surface area contributed by atoms with Crippen molar-refractivity contribution >= 4 is 23.2 Å². The summed E-state index contributed by atoms with van der Waals surface area (Å²) in [6.45, 7) is 17.6. The number of nitrogens with one attached hydrogen (secondary N) is 2. The molecule has 0 radical (unpaired) electrons. The Balaban J connectivity index is 1.35. The molecular formula is C35H53ClN6O3. The lowest BCUT2D eigenvalue weighted by Gasteiger charge is -2.38. The van der Waals surface area contributed by atoms with Gasteiger partial charge >= 0.3 is 0 Å². The maximum atomic E-state index is 9.81. The lowest BCUT2D eigenvalue weighted by molar-refractivity contribution is -0.0399. The summed E-state index contributed by atoms with van der Waals surface area (Å²) in [6, 6.07) is 11.2. The fourth-order valence-electron chi connectivity index (χ4n) is 5.96. The van der Waals surface area contributed by atoms with E-state index in [2.05, 4.69) is 68.1 Å². The predicted molar refractivity (Wildman–Crippen MR) is 182 cm³/mol. The lowest BCUT2D eigenvalue weighted by atomic mass is 9.82. The number of hydrogen-bond donors (Lipinski definition) is 2. The molecule has 2 aromatic rings. The van der Waals surface area contributed by atoms with Gasteiger partial charge in [0.1, 0.15) is 11.6 Å². The van der Waals surface area contributed by atoms with Crippen molar-refractivity contribution in [3.8, 4) is 17.3 Å². The van der Waals surface area contributed by atoms with Crippen molar-refractivity contribution in [1.29, 1.82) is 5.26 Å².